The zero-order chi connectivity index (χ0) is 78.6. The molecule has 10 atom stereocenters. The number of carboxylic acids is 1. The van der Waals surface area contributed by atoms with Crippen LogP contribution in [0, 0.1) is 22.7 Å². The first kappa shape index (κ1) is 83.1. The van der Waals surface area contributed by atoms with Crippen LogP contribution in [0.15, 0.2) is 107 Å². The number of aliphatic carboxylic acids is 1. The average molecular weight is 1570 g/mol. The molecule has 12 rings (SSSR count). The van der Waals surface area contributed by atoms with Gasteiger partial charge in [-0.15, -0.1) is 12.4 Å². The number of nitrogens with two attached hydrogens (primary N) is 1. The van der Waals surface area contributed by atoms with Crippen molar-refractivity contribution in [1.29, 1.82) is 0 Å². The van der Waals surface area contributed by atoms with Gasteiger partial charge in [0, 0.05) is 41.0 Å². The number of carbonyl (C=O) groups is 8. The average Bonchev–Trinajstić information content (AvgIpc) is 1.56. The number of benzene rings is 4. The smallest absolute Gasteiger partial charge is 0.408 e. The monoisotopic (exact) mass is 1570 g/mol. The molecule has 4 aromatic rings. The number of hydrogen-bond donors (Lipinski definition) is 7. The molecule has 2 heterocycles. The molecule has 108 heavy (non-hydrogen) atoms. The lowest BCUT2D eigenvalue weighted by Gasteiger charge is -2.36. The number of likely N-dealkylation sites (tertiary alicyclic amines) is 2. The van der Waals surface area contributed by atoms with E-state index >= 15 is 0 Å². The van der Waals surface area contributed by atoms with Crippen LogP contribution < -0.4 is 31.1 Å². The molecular weight excluding hydrogens is 1480 g/mol. The molecule has 4 saturated carbocycles. The van der Waals surface area contributed by atoms with E-state index < -0.39 is 179 Å². The summed E-state index contributed by atoms with van der Waals surface area (Å²) in [5, 5.41) is 25.2. The molecule has 0 spiro atoms. The minimum Gasteiger partial charge on any atom is -0.480 e. The van der Waals surface area contributed by atoms with Crippen LogP contribution in [0.25, 0.3) is 22.3 Å². The number of rotatable bonds is 19. The van der Waals surface area contributed by atoms with E-state index in [1.807, 2.05) is 102 Å². The fourth-order valence-electron chi connectivity index (χ4n) is 13.2. The molecule has 4 aromatic carbocycles. The van der Waals surface area contributed by atoms with E-state index in [0.29, 0.717) is 37.1 Å². The molecule has 2 aliphatic heterocycles. The second-order valence-corrected chi connectivity index (χ2v) is 36.3. The second-order valence-electron chi connectivity index (χ2n) is 32.4. The summed E-state index contributed by atoms with van der Waals surface area (Å²) in [6.45, 7) is 20.6. The number of amides is 7. The third-order valence-corrected chi connectivity index (χ3v) is 23.0. The summed E-state index contributed by atoms with van der Waals surface area (Å²) >= 11 is 0. The van der Waals surface area contributed by atoms with Crippen molar-refractivity contribution in [3.63, 3.8) is 0 Å². The number of sulfonamides is 2. The van der Waals surface area contributed by atoms with Gasteiger partial charge in [0.2, 0.25) is 50.6 Å². The van der Waals surface area contributed by atoms with Crippen LogP contribution in [0.1, 0.15) is 157 Å². The molecule has 0 aromatic heterocycles. The number of carboxylic acid groups (broad SMARTS) is 1. The number of nitrogens with zero attached hydrogens (tertiary/aromatic N) is 4. The van der Waals surface area contributed by atoms with Crippen molar-refractivity contribution < 1.29 is 97.0 Å². The van der Waals surface area contributed by atoms with E-state index in [1.54, 1.807) is 87.8 Å². The Balaban J connectivity index is 0.000000212. The van der Waals surface area contributed by atoms with Gasteiger partial charge < -0.3 is 55.7 Å². The Kier molecular flexibility index (Phi) is 24.0. The zero-order valence-corrected chi connectivity index (χ0v) is 64.3. The molecule has 27 nitrogen and oxygen atoms in total. The Morgan fingerprint density at radius 1 is 0.519 bits per heavy atom. The summed E-state index contributed by atoms with van der Waals surface area (Å²) in [7, 11) is -7.83. The normalized spacial score (nSPS) is 23.7. The highest BCUT2D eigenvalue weighted by atomic mass is 35.5. The summed E-state index contributed by atoms with van der Waals surface area (Å²) in [4.78, 5) is 119. The molecule has 8 N–H and O–H groups in total. The van der Waals surface area contributed by atoms with Crippen LogP contribution in [0.4, 0.5) is 27.2 Å². The number of nitrogens with one attached hydrogen (secondary N) is 5. The summed E-state index contributed by atoms with van der Waals surface area (Å²) in [5.41, 5.74) is 7.01. The van der Waals surface area contributed by atoms with E-state index in [0.717, 1.165) is 44.5 Å². The highest BCUT2D eigenvalue weighted by Crippen LogP contribution is 2.49. The minimum absolute atomic E-state index is 0. The Morgan fingerprint density at radius 3 is 1.16 bits per heavy atom. The quantitative estimate of drug-likeness (QED) is 0.0295. The Bertz CT molecular complexity index is 4370. The molecule has 8 aliphatic rings. The Hall–Kier alpha value is -8.95. The number of ether oxygens (including phenoxy) is 2. The maximum Gasteiger partial charge on any atom is 0.408 e. The molecule has 6 fully saturated rings. The lowest BCUT2D eigenvalue weighted by molar-refractivity contribution is -0.150. The van der Waals surface area contributed by atoms with Gasteiger partial charge in [-0.1, -0.05) is 149 Å². The topological polar surface area (TPSA) is 379 Å². The van der Waals surface area contributed by atoms with Gasteiger partial charge in [0.15, 0.2) is 0 Å². The number of carbonyl (C=O) groups excluding carboxylic acids is 7. The number of hydrogen-bond acceptors (Lipinski definition) is 19. The molecule has 588 valence electrons. The van der Waals surface area contributed by atoms with Gasteiger partial charge in [0.05, 0.1) is 29.5 Å². The van der Waals surface area contributed by atoms with Crippen LogP contribution in [0.2, 0.25) is 0 Å². The number of alkyl carbamates (subject to hydrolysis) is 2. The first-order valence-electron chi connectivity index (χ1n) is 35.2. The van der Waals surface area contributed by atoms with E-state index in [9.17, 15) is 77.9 Å². The molecule has 34 heteroatoms. The van der Waals surface area contributed by atoms with E-state index in [4.69, 9.17) is 24.9 Å². The van der Waals surface area contributed by atoms with Crippen molar-refractivity contribution in [2.75, 3.05) is 13.1 Å². The van der Waals surface area contributed by atoms with Crippen LogP contribution >= 0.6 is 12.4 Å². The number of fused-ring (bicyclic) bond motifs is 6. The highest BCUT2D eigenvalue weighted by molar-refractivity contribution is 7.91. The summed E-state index contributed by atoms with van der Waals surface area (Å²) in [6, 6.07) is 26.4. The largest absolute Gasteiger partial charge is 0.480 e. The number of alkyl halides is 4. The van der Waals surface area contributed by atoms with Gasteiger partial charge >= 0.3 is 18.2 Å². The van der Waals surface area contributed by atoms with E-state index in [2.05, 4.69) is 26.3 Å². The summed E-state index contributed by atoms with van der Waals surface area (Å²) in [5.74, 6) is -8.44. The lowest BCUT2D eigenvalue weighted by Crippen LogP contribution is -2.60. The van der Waals surface area contributed by atoms with Crippen molar-refractivity contribution >= 4 is 91.6 Å². The number of oxime groups is 2. The van der Waals surface area contributed by atoms with Crippen molar-refractivity contribution in [2.45, 2.75) is 216 Å². The molecular formula is C74H93ClF4N10O17S2. The maximum atomic E-state index is 14.4. The van der Waals surface area contributed by atoms with E-state index in [1.165, 1.54) is 9.80 Å². The zero-order valence-electron chi connectivity index (χ0n) is 61.8. The van der Waals surface area contributed by atoms with Crippen LogP contribution in [-0.4, -0.2) is 186 Å². The molecule has 7 amide bonds. The van der Waals surface area contributed by atoms with Crippen LogP contribution in [0.3, 0.4) is 0 Å². The fraction of sp³-hybridized carbons (Fsp3) is 0.541. The SMILES string of the molecule is CC(C)(C)OC(=O)N[C@H](C(=O)N1C[C@H](ON=C2c3ccccc3-c3ccccc32)C[C@H]1C(=O)N[C@]1(C(=O)NS(=O)(=O)C2CC2)C[C@H]1C(F)F)C(C)(C)C.CC(C)(C)OC(=O)N[C@H](C(=O)N1C[C@H](ON=C2c3ccccc3-c3ccccc32)C[C@H]1C(=O)O)C(C)(C)C.Cl.N[C@]1(C(=O)NS(=O)(=O)C2CC2)C[C@H]1C(F)F. The van der Waals surface area contributed by atoms with Gasteiger partial charge in [-0.25, -0.2) is 48.8 Å². The molecule has 0 radical (unpaired) electrons. The van der Waals surface area contributed by atoms with Crippen LogP contribution in [0.5, 0.6) is 0 Å². The van der Waals surface area contributed by atoms with Gasteiger partial charge in [-0.2, -0.15) is 0 Å². The second kappa shape index (κ2) is 31.2. The third-order valence-electron chi connectivity index (χ3n) is 19.4. The Labute approximate surface area is 630 Å². The molecule has 0 unspecified atom stereocenters. The third kappa shape index (κ3) is 18.8. The van der Waals surface area contributed by atoms with Crippen LogP contribution in [-0.2, 0) is 68.0 Å². The predicted octanol–water partition coefficient (Wildman–Crippen LogP) is 8.52. The molecule has 2 saturated heterocycles. The summed E-state index contributed by atoms with van der Waals surface area (Å²) < 4.78 is 115. The first-order valence-corrected chi connectivity index (χ1v) is 38.3. The maximum absolute atomic E-state index is 14.4. The highest BCUT2D eigenvalue weighted by Gasteiger charge is 2.67. The molecule has 0 bridgehead atoms. The fourth-order valence-corrected chi connectivity index (χ4v) is 16.0. The van der Waals surface area contributed by atoms with Crippen molar-refractivity contribution in [2.24, 2.45) is 38.7 Å². The Morgan fingerprint density at radius 2 is 0.852 bits per heavy atom. The molecule has 6 aliphatic carbocycles. The number of halogens is 5. The lowest BCUT2D eigenvalue weighted by atomic mass is 9.85. The van der Waals surface area contributed by atoms with Gasteiger partial charge in [0.25, 0.3) is 11.8 Å². The summed E-state index contributed by atoms with van der Waals surface area (Å²) in [6.07, 6.45) is -7.95. The minimum atomic E-state index is -4.12. The predicted molar refractivity (Wildman–Crippen MR) is 391 cm³/mol. The van der Waals surface area contributed by atoms with Gasteiger partial charge in [-0.3, -0.25) is 33.4 Å². The van der Waals surface area contributed by atoms with Crippen molar-refractivity contribution in [1.82, 2.24) is 35.2 Å². The van der Waals surface area contributed by atoms with Gasteiger partial charge in [-0.05, 0) is 113 Å². The van der Waals surface area contributed by atoms with Crippen molar-refractivity contribution in [3.8, 4) is 22.3 Å². The van der Waals surface area contributed by atoms with Crippen molar-refractivity contribution in [3.05, 3.63) is 119 Å². The standard InChI is InChI=1S/C37H45F2N5O8S.C29H35N3O6.C8H12F2N2O3S.ClH/c1-35(2,3)29(40-34(48)51-36(4,5)6)32(46)44-19-20(52-42-28-24-13-9-7-11-22(24)23-12-8-10-14-25(23)28)17-27(44)31(45)41-37(18-26(37)30(38)39)33(47)43-53(49,50)21-15-16-21;1-28(2,3)24(30-27(36)37-29(4,5)6)25(33)32-16-17(15-22(32)26(34)35)38-31-23-20-13-9-7-11-18(20)19-12-8-10-14-21(19)23;9-6(10)5-3-8(5,11)7(13)12-16(14,15)4-1-2-4;/h7-14,20-21,26-27,29-30H,15-19H2,1-6H3,(H,40,48)(H,41,45)(H,43,47);7-14,17,22,24H,15-16H2,1-6H3,(H,30,36)(H,34,35);4-6H,1-3,11H2,(H,12,13);1H/t20-,26+,27+,29-,37-;17-,22+,24-;5-,8+;/m110./s1. The van der Waals surface area contributed by atoms with Gasteiger partial charge in [0.1, 0.15) is 70.1 Å². The first-order chi connectivity index (χ1) is 49.7. The van der Waals surface area contributed by atoms with E-state index in [-0.39, 0.29) is 44.8 Å².